The Balaban J connectivity index is 1.61. The third-order valence-corrected chi connectivity index (χ3v) is 6.33. The van der Waals surface area contributed by atoms with Crippen LogP contribution in [0.15, 0.2) is 121 Å². The average Bonchev–Trinajstić information content (AvgIpc) is 2.91. The molecule has 0 heterocycles. The second-order valence-electron chi connectivity index (χ2n) is 9.36. The molecule has 0 aromatic heterocycles. The number of benzene rings is 4. The van der Waals surface area contributed by atoms with E-state index >= 15 is 0 Å². The van der Waals surface area contributed by atoms with Crippen LogP contribution in [0.5, 0.6) is 0 Å². The fourth-order valence-corrected chi connectivity index (χ4v) is 4.74. The average molecular weight is 494 g/mol. The van der Waals surface area contributed by atoms with Crippen molar-refractivity contribution < 1.29 is 4.79 Å². The predicted molar refractivity (Wildman–Crippen MR) is 151 cm³/mol. The highest BCUT2D eigenvalue weighted by molar-refractivity contribution is 7.80. The van der Waals surface area contributed by atoms with E-state index in [2.05, 4.69) is 103 Å². The Bertz CT molecular complexity index is 1180. The first kappa shape index (κ1) is 25.3. The van der Waals surface area contributed by atoms with Crippen LogP contribution in [0, 0.1) is 0 Å². The summed E-state index contributed by atoms with van der Waals surface area (Å²) in [6.45, 7) is 4.69. The third kappa shape index (κ3) is 5.88. The monoisotopic (exact) mass is 493 g/mol. The Morgan fingerprint density at radius 2 is 1.06 bits per heavy atom. The fourth-order valence-electron chi connectivity index (χ4n) is 4.37. The molecule has 0 radical (unpaired) electrons. The molecule has 0 unspecified atom stereocenters. The number of hydrogen-bond acceptors (Lipinski definition) is 3. The van der Waals surface area contributed by atoms with Crippen molar-refractivity contribution >= 4 is 23.2 Å². The van der Waals surface area contributed by atoms with Gasteiger partial charge in [-0.3, -0.25) is 15.4 Å². The van der Waals surface area contributed by atoms with E-state index in [-0.39, 0.29) is 5.91 Å². The molecule has 0 bridgehead atoms. The molecule has 0 saturated carbocycles. The van der Waals surface area contributed by atoms with Crippen LogP contribution in [0.3, 0.4) is 0 Å². The van der Waals surface area contributed by atoms with Gasteiger partial charge >= 0.3 is 0 Å². The van der Waals surface area contributed by atoms with Crippen molar-refractivity contribution in [1.29, 1.82) is 0 Å². The fraction of sp³-hybridized carbons (Fsp3) is 0.161. The van der Waals surface area contributed by atoms with Gasteiger partial charge in [-0.05, 0) is 54.9 Å². The summed E-state index contributed by atoms with van der Waals surface area (Å²) < 4.78 is 0. The van der Waals surface area contributed by atoms with Gasteiger partial charge in [0.15, 0.2) is 5.11 Å². The van der Waals surface area contributed by atoms with Crippen LogP contribution in [0.25, 0.3) is 0 Å². The third-order valence-electron chi connectivity index (χ3n) is 6.13. The lowest BCUT2D eigenvalue weighted by Gasteiger charge is -2.40. The highest BCUT2D eigenvalue weighted by atomic mass is 32.1. The maximum atomic E-state index is 12.6. The van der Waals surface area contributed by atoms with E-state index in [1.807, 2.05) is 36.4 Å². The van der Waals surface area contributed by atoms with Crippen LogP contribution in [0.1, 0.15) is 40.9 Å². The molecule has 0 aliphatic heterocycles. The Labute approximate surface area is 218 Å². The normalized spacial score (nSPS) is 11.5. The van der Waals surface area contributed by atoms with E-state index < -0.39 is 11.1 Å². The van der Waals surface area contributed by atoms with Crippen LogP contribution >= 0.6 is 12.2 Å². The summed E-state index contributed by atoms with van der Waals surface area (Å²) in [7, 11) is 0. The van der Waals surface area contributed by atoms with Gasteiger partial charge in [0, 0.05) is 17.6 Å². The maximum Gasteiger partial charge on any atom is 0.257 e. The van der Waals surface area contributed by atoms with E-state index in [1.165, 1.54) is 0 Å². The first-order chi connectivity index (χ1) is 17.4. The molecule has 0 saturated heterocycles. The standard InChI is InChI=1S/C31H31N3OS/c1-30(2,34-29(36)33-28(35)24-15-7-3-8-16-24)23-32-31(25-17-9-4-10-18-25,26-19-11-5-12-20-26)27-21-13-6-14-22-27/h3-22,32H,23H2,1-2H3,(H2,33,34,35,36). The molecular formula is C31H31N3OS. The smallest absolute Gasteiger partial charge is 0.257 e. The zero-order valence-electron chi connectivity index (χ0n) is 20.6. The number of amides is 1. The lowest BCUT2D eigenvalue weighted by molar-refractivity contribution is 0.0976. The van der Waals surface area contributed by atoms with Gasteiger partial charge in [-0.25, -0.2) is 0 Å². The van der Waals surface area contributed by atoms with Crippen molar-refractivity contribution in [2.24, 2.45) is 0 Å². The Morgan fingerprint density at radius 1 is 0.667 bits per heavy atom. The van der Waals surface area contributed by atoms with Crippen molar-refractivity contribution in [3.63, 3.8) is 0 Å². The minimum absolute atomic E-state index is 0.232. The summed E-state index contributed by atoms with van der Waals surface area (Å²) in [5, 5.41) is 10.3. The molecule has 5 heteroatoms. The molecule has 0 spiro atoms. The zero-order chi connectivity index (χ0) is 25.4. The minimum atomic E-state index is -0.586. The number of nitrogens with one attached hydrogen (secondary N) is 3. The molecule has 0 aliphatic rings. The quantitative estimate of drug-likeness (QED) is 0.219. The SMILES string of the molecule is CC(C)(CNC(c1ccccc1)(c1ccccc1)c1ccccc1)NC(=S)NC(=O)c1ccccc1. The van der Waals surface area contributed by atoms with Gasteiger partial charge in [0.05, 0.1) is 5.54 Å². The summed E-state index contributed by atoms with van der Waals surface area (Å²) in [6.07, 6.45) is 0. The highest BCUT2D eigenvalue weighted by Crippen LogP contribution is 2.37. The molecule has 0 aliphatic carbocycles. The summed E-state index contributed by atoms with van der Waals surface area (Å²) in [5.74, 6) is -0.232. The summed E-state index contributed by atoms with van der Waals surface area (Å²) in [6, 6.07) is 40.4. The van der Waals surface area contributed by atoms with Crippen LogP contribution in [-0.4, -0.2) is 23.1 Å². The molecule has 4 nitrogen and oxygen atoms in total. The first-order valence-electron chi connectivity index (χ1n) is 12.0. The Hall–Kier alpha value is -3.80. The summed E-state index contributed by atoms with van der Waals surface area (Å²) in [5.41, 5.74) is 2.92. The van der Waals surface area contributed by atoms with Gasteiger partial charge in [-0.15, -0.1) is 0 Å². The molecule has 4 rings (SSSR count). The van der Waals surface area contributed by atoms with Gasteiger partial charge in [0.2, 0.25) is 0 Å². The van der Waals surface area contributed by atoms with Gasteiger partial charge in [0.1, 0.15) is 0 Å². The minimum Gasteiger partial charge on any atom is -0.356 e. The number of carbonyl (C=O) groups is 1. The first-order valence-corrected chi connectivity index (χ1v) is 12.4. The summed E-state index contributed by atoms with van der Waals surface area (Å²) in [4.78, 5) is 12.6. The van der Waals surface area contributed by atoms with E-state index in [1.54, 1.807) is 12.1 Å². The highest BCUT2D eigenvalue weighted by Gasteiger charge is 2.37. The van der Waals surface area contributed by atoms with E-state index in [9.17, 15) is 4.79 Å². The van der Waals surface area contributed by atoms with Crippen LogP contribution in [0.4, 0.5) is 0 Å². The Kier molecular flexibility index (Phi) is 7.93. The lowest BCUT2D eigenvalue weighted by atomic mass is 9.76. The van der Waals surface area contributed by atoms with Gasteiger partial charge in [-0.1, -0.05) is 109 Å². The molecule has 3 N–H and O–H groups in total. The van der Waals surface area contributed by atoms with Crippen LogP contribution in [0.2, 0.25) is 0 Å². The zero-order valence-corrected chi connectivity index (χ0v) is 21.4. The number of carbonyl (C=O) groups excluding carboxylic acids is 1. The van der Waals surface area contributed by atoms with Crippen molar-refractivity contribution in [3.05, 3.63) is 144 Å². The molecule has 182 valence electrons. The van der Waals surface area contributed by atoms with E-state index in [0.29, 0.717) is 17.2 Å². The van der Waals surface area contributed by atoms with Crippen LogP contribution in [-0.2, 0) is 5.54 Å². The van der Waals surface area contributed by atoms with Crippen LogP contribution < -0.4 is 16.0 Å². The lowest BCUT2D eigenvalue weighted by Crippen LogP contribution is -2.58. The molecule has 0 fully saturated rings. The van der Waals surface area contributed by atoms with Crippen molar-refractivity contribution in [2.75, 3.05) is 6.54 Å². The molecule has 4 aromatic carbocycles. The van der Waals surface area contributed by atoms with E-state index in [0.717, 1.165) is 16.7 Å². The molecule has 36 heavy (non-hydrogen) atoms. The molecule has 4 aromatic rings. The van der Waals surface area contributed by atoms with Gasteiger partial charge in [0.25, 0.3) is 5.91 Å². The molecule has 0 atom stereocenters. The summed E-state index contributed by atoms with van der Waals surface area (Å²) >= 11 is 5.50. The topological polar surface area (TPSA) is 53.2 Å². The van der Waals surface area contributed by atoms with Gasteiger partial charge in [-0.2, -0.15) is 0 Å². The number of thiocarbonyl (C=S) groups is 1. The van der Waals surface area contributed by atoms with Crippen molar-refractivity contribution in [1.82, 2.24) is 16.0 Å². The number of rotatable bonds is 8. The second-order valence-corrected chi connectivity index (χ2v) is 9.77. The van der Waals surface area contributed by atoms with Crippen molar-refractivity contribution in [2.45, 2.75) is 24.9 Å². The maximum absolute atomic E-state index is 12.6. The van der Waals surface area contributed by atoms with Crippen molar-refractivity contribution in [3.8, 4) is 0 Å². The largest absolute Gasteiger partial charge is 0.356 e. The molecule has 1 amide bonds. The Morgan fingerprint density at radius 3 is 1.47 bits per heavy atom. The second kappa shape index (κ2) is 11.3. The number of hydrogen-bond donors (Lipinski definition) is 3. The van der Waals surface area contributed by atoms with E-state index in [4.69, 9.17) is 12.2 Å². The van der Waals surface area contributed by atoms with Gasteiger partial charge < -0.3 is 5.32 Å². The molecular weight excluding hydrogens is 462 g/mol. The predicted octanol–water partition coefficient (Wildman–Crippen LogP) is 5.65.